The third-order valence-electron chi connectivity index (χ3n) is 4.16. The molecule has 1 saturated carbocycles. The van der Waals surface area contributed by atoms with Gasteiger partial charge in [-0.05, 0) is 25.2 Å². The lowest BCUT2D eigenvalue weighted by Gasteiger charge is -2.36. The van der Waals surface area contributed by atoms with Crippen molar-refractivity contribution < 1.29 is 9.84 Å². The van der Waals surface area contributed by atoms with E-state index in [1.165, 1.54) is 51.4 Å². The van der Waals surface area contributed by atoms with Gasteiger partial charge in [-0.1, -0.05) is 32.1 Å². The molecule has 1 saturated heterocycles. The Morgan fingerprint density at radius 2 is 1.73 bits per heavy atom. The molecule has 2 nitrogen and oxygen atoms in total. The normalized spacial score (nSPS) is 31.4. The van der Waals surface area contributed by atoms with Crippen LogP contribution in [0.1, 0.15) is 51.4 Å². The van der Waals surface area contributed by atoms with Crippen LogP contribution in [0.4, 0.5) is 0 Å². The van der Waals surface area contributed by atoms with E-state index in [1.54, 1.807) is 0 Å². The highest BCUT2D eigenvalue weighted by atomic mass is 16.5. The van der Waals surface area contributed by atoms with Gasteiger partial charge in [0.2, 0.25) is 0 Å². The molecule has 2 unspecified atom stereocenters. The van der Waals surface area contributed by atoms with Crippen molar-refractivity contribution in [1.82, 2.24) is 0 Å². The third kappa shape index (κ3) is 2.94. The second-order valence-electron chi connectivity index (χ2n) is 5.15. The van der Waals surface area contributed by atoms with Crippen LogP contribution >= 0.6 is 0 Å². The van der Waals surface area contributed by atoms with Gasteiger partial charge >= 0.3 is 0 Å². The van der Waals surface area contributed by atoms with Crippen LogP contribution < -0.4 is 0 Å². The lowest BCUT2D eigenvalue weighted by Crippen LogP contribution is -2.36. The molecule has 0 aromatic rings. The molecule has 0 bridgehead atoms. The Kier molecular flexibility index (Phi) is 4.45. The van der Waals surface area contributed by atoms with E-state index in [4.69, 9.17) is 4.74 Å². The molecule has 0 radical (unpaired) electrons. The molecule has 1 aliphatic carbocycles. The van der Waals surface area contributed by atoms with Crippen molar-refractivity contribution in [2.75, 3.05) is 13.2 Å². The fraction of sp³-hybridized carbons (Fsp3) is 1.00. The zero-order valence-corrected chi connectivity index (χ0v) is 9.66. The predicted molar refractivity (Wildman–Crippen MR) is 60.7 cm³/mol. The maximum atomic E-state index is 9.55. The minimum Gasteiger partial charge on any atom is -0.396 e. The van der Waals surface area contributed by atoms with E-state index < -0.39 is 0 Å². The maximum Gasteiger partial charge on any atom is 0.0627 e. The molecular formula is C13H24O2. The fourth-order valence-electron chi connectivity index (χ4n) is 3.24. The lowest BCUT2D eigenvalue weighted by molar-refractivity contribution is -0.0587. The van der Waals surface area contributed by atoms with Crippen LogP contribution in [-0.2, 0) is 4.74 Å². The van der Waals surface area contributed by atoms with E-state index in [1.807, 2.05) is 0 Å². The van der Waals surface area contributed by atoms with Crippen molar-refractivity contribution >= 4 is 0 Å². The minimum absolute atomic E-state index is 0.329. The van der Waals surface area contributed by atoms with E-state index in [2.05, 4.69) is 0 Å². The van der Waals surface area contributed by atoms with Crippen molar-refractivity contribution in [3.8, 4) is 0 Å². The molecule has 0 amide bonds. The van der Waals surface area contributed by atoms with Gasteiger partial charge in [0.25, 0.3) is 0 Å². The Bertz CT molecular complexity index is 151. The predicted octanol–water partition coefficient (Wildman–Crippen LogP) is 2.74. The molecule has 2 aliphatic rings. The highest BCUT2D eigenvalue weighted by Gasteiger charge is 2.31. The SMILES string of the molecule is OCC(C1CCCCC1)C1CCCCO1. The lowest BCUT2D eigenvalue weighted by atomic mass is 9.76. The van der Waals surface area contributed by atoms with Gasteiger partial charge in [-0.3, -0.25) is 0 Å². The van der Waals surface area contributed by atoms with Crippen molar-refractivity contribution in [3.63, 3.8) is 0 Å². The molecule has 1 heterocycles. The number of aliphatic hydroxyl groups excluding tert-OH is 1. The number of hydrogen-bond acceptors (Lipinski definition) is 2. The first-order valence-electron chi connectivity index (χ1n) is 6.64. The number of aliphatic hydroxyl groups is 1. The van der Waals surface area contributed by atoms with Gasteiger partial charge in [0.15, 0.2) is 0 Å². The van der Waals surface area contributed by atoms with Crippen LogP contribution in [-0.4, -0.2) is 24.4 Å². The van der Waals surface area contributed by atoms with Crippen LogP contribution in [0.2, 0.25) is 0 Å². The first-order chi connectivity index (χ1) is 7.42. The van der Waals surface area contributed by atoms with Crippen molar-refractivity contribution in [1.29, 1.82) is 0 Å². The van der Waals surface area contributed by atoms with E-state index in [0.717, 1.165) is 12.5 Å². The summed E-state index contributed by atoms with van der Waals surface area (Å²) in [7, 11) is 0. The quantitative estimate of drug-likeness (QED) is 0.779. The Balaban J connectivity index is 1.88. The van der Waals surface area contributed by atoms with E-state index in [-0.39, 0.29) is 0 Å². The standard InChI is InChI=1S/C13H24O2/c14-10-12(11-6-2-1-3-7-11)13-8-4-5-9-15-13/h11-14H,1-10H2. The summed E-state index contributed by atoms with van der Waals surface area (Å²) < 4.78 is 5.82. The largest absolute Gasteiger partial charge is 0.396 e. The molecule has 15 heavy (non-hydrogen) atoms. The summed E-state index contributed by atoms with van der Waals surface area (Å²) in [4.78, 5) is 0. The Hall–Kier alpha value is -0.0800. The molecule has 2 heteroatoms. The van der Waals surface area contributed by atoms with Gasteiger partial charge in [0, 0.05) is 19.1 Å². The molecule has 88 valence electrons. The first-order valence-corrected chi connectivity index (χ1v) is 6.64. The molecule has 0 spiro atoms. The summed E-state index contributed by atoms with van der Waals surface area (Å²) in [5.74, 6) is 1.15. The smallest absolute Gasteiger partial charge is 0.0627 e. The van der Waals surface area contributed by atoms with E-state index in [0.29, 0.717) is 18.6 Å². The van der Waals surface area contributed by atoms with E-state index >= 15 is 0 Å². The Morgan fingerprint density at radius 1 is 1.00 bits per heavy atom. The summed E-state index contributed by atoms with van der Waals surface area (Å²) in [6.07, 6.45) is 10.7. The zero-order chi connectivity index (χ0) is 10.5. The first kappa shape index (κ1) is 11.4. The number of ether oxygens (including phenoxy) is 1. The molecule has 0 aromatic heterocycles. The molecule has 1 N–H and O–H groups in total. The second-order valence-corrected chi connectivity index (χ2v) is 5.15. The molecule has 2 fully saturated rings. The highest BCUT2D eigenvalue weighted by molar-refractivity contribution is 4.81. The summed E-state index contributed by atoms with van der Waals surface area (Å²) in [6.45, 7) is 1.24. The second kappa shape index (κ2) is 5.86. The van der Waals surface area contributed by atoms with Crippen LogP contribution in [0, 0.1) is 11.8 Å². The average Bonchev–Trinajstić information content (AvgIpc) is 2.33. The summed E-state index contributed by atoms with van der Waals surface area (Å²) in [5, 5.41) is 9.55. The summed E-state index contributed by atoms with van der Waals surface area (Å²) >= 11 is 0. The summed E-state index contributed by atoms with van der Waals surface area (Å²) in [5.41, 5.74) is 0. The van der Waals surface area contributed by atoms with Crippen molar-refractivity contribution in [2.24, 2.45) is 11.8 Å². The molecule has 0 aromatic carbocycles. The van der Waals surface area contributed by atoms with Crippen molar-refractivity contribution in [3.05, 3.63) is 0 Å². The third-order valence-corrected chi connectivity index (χ3v) is 4.16. The zero-order valence-electron chi connectivity index (χ0n) is 9.66. The van der Waals surface area contributed by atoms with Crippen LogP contribution in [0.3, 0.4) is 0 Å². The van der Waals surface area contributed by atoms with Crippen LogP contribution in [0.5, 0.6) is 0 Å². The molecule has 1 aliphatic heterocycles. The number of hydrogen-bond donors (Lipinski definition) is 1. The monoisotopic (exact) mass is 212 g/mol. The minimum atomic E-state index is 0.329. The topological polar surface area (TPSA) is 29.5 Å². The van der Waals surface area contributed by atoms with Gasteiger partial charge in [0.05, 0.1) is 6.10 Å². The van der Waals surface area contributed by atoms with Gasteiger partial charge in [-0.15, -0.1) is 0 Å². The maximum absolute atomic E-state index is 9.55. The summed E-state index contributed by atoms with van der Waals surface area (Å²) in [6, 6.07) is 0. The molecule has 2 atom stereocenters. The highest BCUT2D eigenvalue weighted by Crippen LogP contribution is 2.34. The van der Waals surface area contributed by atoms with Crippen molar-refractivity contribution in [2.45, 2.75) is 57.5 Å². The number of rotatable bonds is 3. The Labute approximate surface area is 93.0 Å². The van der Waals surface area contributed by atoms with Gasteiger partial charge < -0.3 is 9.84 Å². The fourth-order valence-corrected chi connectivity index (χ4v) is 3.24. The van der Waals surface area contributed by atoms with Gasteiger partial charge in [-0.2, -0.15) is 0 Å². The van der Waals surface area contributed by atoms with Crippen LogP contribution in [0.25, 0.3) is 0 Å². The molecular weight excluding hydrogens is 188 g/mol. The Morgan fingerprint density at radius 3 is 2.33 bits per heavy atom. The average molecular weight is 212 g/mol. The van der Waals surface area contributed by atoms with Gasteiger partial charge in [-0.25, -0.2) is 0 Å². The molecule has 2 rings (SSSR count). The van der Waals surface area contributed by atoms with E-state index in [9.17, 15) is 5.11 Å². The van der Waals surface area contributed by atoms with Crippen LogP contribution in [0.15, 0.2) is 0 Å². The van der Waals surface area contributed by atoms with Gasteiger partial charge in [0.1, 0.15) is 0 Å².